The molecular weight excluding hydrogens is 438 g/mol. The fraction of sp³-hybridized carbons (Fsp3) is 0.150. The fourth-order valence-corrected chi connectivity index (χ4v) is 4.48. The number of hydrogen-bond donors (Lipinski definition) is 3. The Hall–Kier alpha value is -3.68. The highest BCUT2D eigenvalue weighted by Crippen LogP contribution is 2.43. The van der Waals surface area contributed by atoms with Crippen molar-refractivity contribution in [3.05, 3.63) is 45.9 Å². The Morgan fingerprint density at radius 1 is 1.32 bits per heavy atom. The van der Waals surface area contributed by atoms with E-state index in [4.69, 9.17) is 27.6 Å². The van der Waals surface area contributed by atoms with E-state index >= 15 is 0 Å². The Bertz CT molecular complexity index is 1380. The van der Waals surface area contributed by atoms with Gasteiger partial charge >= 0.3 is 5.88 Å². The molecule has 0 atom stereocenters. The van der Waals surface area contributed by atoms with Gasteiger partial charge in [-0.05, 0) is 22.4 Å². The second-order valence-electron chi connectivity index (χ2n) is 7.12. The molecule has 0 aliphatic heterocycles. The molecule has 1 aromatic carbocycles. The average Bonchev–Trinajstić information content (AvgIpc) is 3.41. The molecule has 1 aliphatic carbocycles. The Balaban J connectivity index is 1.61. The summed E-state index contributed by atoms with van der Waals surface area (Å²) in [6.45, 7) is 0. The third kappa shape index (κ3) is 3.34. The van der Waals surface area contributed by atoms with E-state index in [1.807, 2.05) is 0 Å². The molecule has 0 spiro atoms. The quantitative estimate of drug-likeness (QED) is 0.401. The van der Waals surface area contributed by atoms with Gasteiger partial charge in [0, 0.05) is 28.8 Å². The zero-order chi connectivity index (χ0) is 21.7. The van der Waals surface area contributed by atoms with Crippen molar-refractivity contribution in [2.24, 2.45) is 0 Å². The van der Waals surface area contributed by atoms with Gasteiger partial charge in [-0.3, -0.25) is 14.6 Å². The van der Waals surface area contributed by atoms with Crippen molar-refractivity contribution in [2.45, 2.75) is 18.9 Å². The van der Waals surface area contributed by atoms with E-state index in [0.29, 0.717) is 32.4 Å². The number of nitrogens with one attached hydrogen (secondary N) is 1. The number of hydrogen-bond acceptors (Lipinski definition) is 8. The summed E-state index contributed by atoms with van der Waals surface area (Å²) >= 11 is 7.10. The number of rotatable bonds is 4. The monoisotopic (exact) mass is 452 g/mol. The maximum atomic E-state index is 12.9. The van der Waals surface area contributed by atoms with E-state index in [1.165, 1.54) is 0 Å². The molecular formula is C20H15ClN7O2S+. The van der Waals surface area contributed by atoms with Gasteiger partial charge in [0.25, 0.3) is 12.1 Å². The molecule has 1 amide bonds. The molecule has 154 valence electrons. The first-order valence-electron chi connectivity index (χ1n) is 9.33. The molecule has 5 N–H and O–H groups in total. The highest BCUT2D eigenvalue weighted by Gasteiger charge is 2.36. The maximum absolute atomic E-state index is 12.9. The molecule has 1 fully saturated rings. The molecule has 0 unspecified atom stereocenters. The minimum atomic E-state index is -0.460. The van der Waals surface area contributed by atoms with Crippen molar-refractivity contribution in [2.75, 3.05) is 16.8 Å². The topological polar surface area (TPSA) is 148 Å². The van der Waals surface area contributed by atoms with Crippen LogP contribution in [0.4, 0.5) is 17.4 Å². The summed E-state index contributed by atoms with van der Waals surface area (Å²) < 4.78 is 6.87. The van der Waals surface area contributed by atoms with Crippen LogP contribution >= 0.6 is 22.9 Å². The first-order valence-corrected chi connectivity index (χ1v) is 10.5. The van der Waals surface area contributed by atoms with Crippen molar-refractivity contribution >= 4 is 56.5 Å². The van der Waals surface area contributed by atoms with Crippen LogP contribution in [-0.2, 0) is 0 Å². The summed E-state index contributed by atoms with van der Waals surface area (Å²) in [4.78, 5) is 17.9. The number of nitriles is 1. The number of amides is 1. The summed E-state index contributed by atoms with van der Waals surface area (Å²) in [6.07, 6.45) is 3.72. The molecule has 31 heavy (non-hydrogen) atoms. The number of nitrogens with two attached hydrogens (primary N) is 2. The Labute approximate surface area is 184 Å². The number of benzene rings is 1. The van der Waals surface area contributed by atoms with Gasteiger partial charge in [0.2, 0.25) is 5.27 Å². The van der Waals surface area contributed by atoms with Crippen LogP contribution in [0, 0.1) is 11.3 Å². The lowest BCUT2D eigenvalue weighted by Gasteiger charge is -2.09. The van der Waals surface area contributed by atoms with E-state index in [1.54, 1.807) is 35.1 Å². The minimum absolute atomic E-state index is 0.0638. The Morgan fingerprint density at radius 2 is 2.06 bits per heavy atom. The summed E-state index contributed by atoms with van der Waals surface area (Å²) in [5.74, 6) is -0.176. The van der Waals surface area contributed by atoms with Crippen LogP contribution in [0.25, 0.3) is 21.3 Å². The summed E-state index contributed by atoms with van der Waals surface area (Å²) in [6, 6.07) is 9.35. The number of nitrogen functional groups attached to an aromatic ring is 2. The van der Waals surface area contributed by atoms with Crippen LogP contribution in [0.5, 0.6) is 0 Å². The van der Waals surface area contributed by atoms with E-state index in [2.05, 4.69) is 21.6 Å². The summed E-state index contributed by atoms with van der Waals surface area (Å²) in [7, 11) is 0. The highest BCUT2D eigenvalue weighted by atomic mass is 35.5. The molecule has 4 aromatic rings. The maximum Gasteiger partial charge on any atom is 0.302 e. The van der Waals surface area contributed by atoms with Gasteiger partial charge in [0.1, 0.15) is 27.2 Å². The predicted molar refractivity (Wildman–Crippen MR) is 117 cm³/mol. The molecule has 0 saturated heterocycles. The summed E-state index contributed by atoms with van der Waals surface area (Å²) in [5, 5.41) is 17.3. The van der Waals surface area contributed by atoms with Crippen molar-refractivity contribution < 1.29 is 14.0 Å². The van der Waals surface area contributed by atoms with Crippen LogP contribution < -0.4 is 21.5 Å². The lowest BCUT2D eigenvalue weighted by atomic mass is 9.97. The lowest BCUT2D eigenvalue weighted by molar-refractivity contribution is -0.765. The van der Waals surface area contributed by atoms with Crippen molar-refractivity contribution in [1.29, 1.82) is 5.26 Å². The van der Waals surface area contributed by atoms with Gasteiger partial charge in [-0.15, -0.1) is 11.3 Å². The van der Waals surface area contributed by atoms with E-state index in [0.717, 1.165) is 24.2 Å². The third-order valence-corrected chi connectivity index (χ3v) is 6.35. The van der Waals surface area contributed by atoms with Crippen LogP contribution in [-0.4, -0.2) is 16.2 Å². The number of thiophene rings is 1. The van der Waals surface area contributed by atoms with E-state index in [9.17, 15) is 10.1 Å². The standard InChI is InChI=1S/C20H14ClN7O2S/c21-10-3-1-9(2-4-10)14-12(7-22)18(24)26-20-15(14)16(23)17(31-20)19(29)25-13-8-28(27-30-13)11-5-6-11/h1-4,8,11H,5-6H2,(H4-,23,24,25,26,27,29)/p+1. The second kappa shape index (κ2) is 7.23. The predicted octanol–water partition coefficient (Wildman–Crippen LogP) is 3.52. The summed E-state index contributed by atoms with van der Waals surface area (Å²) in [5.41, 5.74) is 14.0. The van der Waals surface area contributed by atoms with Crippen LogP contribution in [0.2, 0.25) is 5.02 Å². The number of carbonyl (C=O) groups is 1. The Morgan fingerprint density at radius 3 is 2.74 bits per heavy atom. The molecule has 11 heteroatoms. The molecule has 0 radical (unpaired) electrons. The number of aromatic nitrogens is 3. The van der Waals surface area contributed by atoms with Gasteiger partial charge < -0.3 is 11.5 Å². The van der Waals surface area contributed by atoms with Crippen molar-refractivity contribution in [3.63, 3.8) is 0 Å². The average molecular weight is 453 g/mol. The van der Waals surface area contributed by atoms with Crippen molar-refractivity contribution in [3.8, 4) is 17.2 Å². The first kappa shape index (κ1) is 19.3. The number of fused-ring (bicyclic) bond motifs is 1. The van der Waals surface area contributed by atoms with Crippen molar-refractivity contribution in [1.82, 2.24) is 10.3 Å². The number of anilines is 3. The molecule has 1 aliphatic rings. The van der Waals surface area contributed by atoms with Gasteiger partial charge in [-0.1, -0.05) is 23.7 Å². The molecule has 3 heterocycles. The third-order valence-electron chi connectivity index (χ3n) is 5.00. The minimum Gasteiger partial charge on any atom is -0.397 e. The molecule has 3 aromatic heterocycles. The van der Waals surface area contributed by atoms with Gasteiger partial charge in [-0.25, -0.2) is 4.98 Å². The largest absolute Gasteiger partial charge is 0.397 e. The molecule has 9 nitrogen and oxygen atoms in total. The Kier molecular flexibility index (Phi) is 4.50. The first-order chi connectivity index (χ1) is 15.0. The van der Waals surface area contributed by atoms with Gasteiger partial charge in [-0.2, -0.15) is 5.26 Å². The van der Waals surface area contributed by atoms with E-state index in [-0.39, 0.29) is 27.8 Å². The number of pyridine rings is 1. The molecule has 0 bridgehead atoms. The smallest absolute Gasteiger partial charge is 0.302 e. The fourth-order valence-electron chi connectivity index (χ4n) is 3.35. The van der Waals surface area contributed by atoms with Crippen LogP contribution in [0.3, 0.4) is 0 Å². The van der Waals surface area contributed by atoms with Gasteiger partial charge in [0.15, 0.2) is 6.04 Å². The number of halogens is 1. The SMILES string of the molecule is N#Cc1c(N)nc2sc(C(=O)Nc3c[n+](C4CC4)no3)c(N)c2c1-c1ccc(Cl)cc1. The second-order valence-corrected chi connectivity index (χ2v) is 8.56. The molecule has 1 saturated carbocycles. The van der Waals surface area contributed by atoms with Crippen LogP contribution in [0.15, 0.2) is 35.0 Å². The zero-order valence-electron chi connectivity index (χ0n) is 15.9. The number of nitrogens with zero attached hydrogens (tertiary/aromatic N) is 4. The van der Waals surface area contributed by atoms with Gasteiger partial charge in [0.05, 0.1) is 5.69 Å². The van der Waals surface area contributed by atoms with Crippen LogP contribution in [0.1, 0.15) is 34.1 Å². The normalized spacial score (nSPS) is 13.3. The highest BCUT2D eigenvalue weighted by molar-refractivity contribution is 7.21. The van der Waals surface area contributed by atoms with E-state index < -0.39 is 5.91 Å². The molecule has 5 rings (SSSR count). The zero-order valence-corrected chi connectivity index (χ0v) is 17.5. The number of carbonyl (C=O) groups excluding carboxylic acids is 1. The lowest BCUT2D eigenvalue weighted by Crippen LogP contribution is -2.32.